The van der Waals surface area contributed by atoms with Crippen molar-refractivity contribution in [2.45, 2.75) is 32.6 Å². The van der Waals surface area contributed by atoms with E-state index < -0.39 is 0 Å². The molecule has 55 heavy (non-hydrogen) atoms. The van der Waals surface area contributed by atoms with Crippen molar-refractivity contribution >= 4 is 11.1 Å². The first kappa shape index (κ1) is 34.0. The van der Waals surface area contributed by atoms with Crippen LogP contribution in [0.1, 0.15) is 42.8 Å². The van der Waals surface area contributed by atoms with Crippen molar-refractivity contribution in [1.29, 1.82) is 0 Å². The molecule has 2 heterocycles. The topological polar surface area (TPSA) is 51.6 Å². The summed E-state index contributed by atoms with van der Waals surface area (Å²) < 4.78 is 0. The van der Waals surface area contributed by atoms with Crippen molar-refractivity contribution in [3.8, 4) is 67.3 Å². The van der Waals surface area contributed by atoms with Gasteiger partial charge in [-0.3, -0.25) is 4.98 Å². The lowest BCUT2D eigenvalue weighted by molar-refractivity contribution is 1.01. The van der Waals surface area contributed by atoms with E-state index in [-0.39, 0.29) is 0 Å². The molecular weight excluding hydrogens is 669 g/mol. The average Bonchev–Trinajstić information content (AvgIpc) is 3.27. The summed E-state index contributed by atoms with van der Waals surface area (Å²) in [6.45, 7) is 2.04. The van der Waals surface area contributed by atoms with Crippen molar-refractivity contribution in [2.24, 2.45) is 0 Å². The van der Waals surface area contributed by atoms with Crippen LogP contribution in [0.25, 0.3) is 78.4 Å². The van der Waals surface area contributed by atoms with Crippen LogP contribution in [0.15, 0.2) is 176 Å². The molecule has 0 N–H and O–H groups in total. The molecule has 4 nitrogen and oxygen atoms in total. The fraction of sp³-hybridized carbons (Fsp3) is 0.0980. The number of nitrogens with zero attached hydrogens (tertiary/aromatic N) is 4. The molecule has 2 aromatic heterocycles. The van der Waals surface area contributed by atoms with Crippen LogP contribution in [0.3, 0.4) is 0 Å². The van der Waals surface area contributed by atoms with E-state index in [1.54, 1.807) is 0 Å². The van der Waals surface area contributed by atoms with Crippen LogP contribution in [-0.4, -0.2) is 19.9 Å². The lowest BCUT2D eigenvalue weighted by Crippen LogP contribution is -2.03. The van der Waals surface area contributed by atoms with Gasteiger partial charge in [-0.2, -0.15) is 0 Å². The fourth-order valence-electron chi connectivity index (χ4n) is 7.55. The van der Waals surface area contributed by atoms with Crippen LogP contribution in [-0.2, 0) is 0 Å². The summed E-state index contributed by atoms with van der Waals surface area (Å²) in [4.78, 5) is 19.6. The maximum absolute atomic E-state index is 5.06. The predicted octanol–water partition coefficient (Wildman–Crippen LogP) is 13.0. The Morgan fingerprint density at radius 3 is 1.53 bits per heavy atom. The van der Waals surface area contributed by atoms with Crippen molar-refractivity contribution < 1.29 is 0 Å². The number of hydrogen-bond donors (Lipinski definition) is 0. The molecule has 9 rings (SSSR count). The second-order valence-corrected chi connectivity index (χ2v) is 14.1. The van der Waals surface area contributed by atoms with Crippen LogP contribution in [0.2, 0.25) is 0 Å². The number of allylic oxidation sites excluding steroid dienone is 8. The molecule has 264 valence electrons. The van der Waals surface area contributed by atoms with Crippen molar-refractivity contribution in [1.82, 2.24) is 19.9 Å². The monoisotopic (exact) mass is 708 g/mol. The van der Waals surface area contributed by atoms with Gasteiger partial charge >= 0.3 is 0 Å². The summed E-state index contributed by atoms with van der Waals surface area (Å²) in [6.07, 6.45) is 19.4. The van der Waals surface area contributed by atoms with E-state index in [9.17, 15) is 0 Å². The maximum Gasteiger partial charge on any atom is 0.164 e. The van der Waals surface area contributed by atoms with Gasteiger partial charge in [0.25, 0.3) is 0 Å². The summed E-state index contributed by atoms with van der Waals surface area (Å²) in [6, 6.07) is 47.4. The van der Waals surface area contributed by atoms with E-state index in [0.717, 1.165) is 64.8 Å². The number of hydrogen-bond acceptors (Lipinski definition) is 4. The molecule has 0 unspecified atom stereocenters. The normalized spacial score (nSPS) is 13.7. The molecule has 0 fully saturated rings. The van der Waals surface area contributed by atoms with Crippen LogP contribution in [0.4, 0.5) is 0 Å². The molecule has 4 heteroatoms. The smallest absolute Gasteiger partial charge is 0.164 e. The number of benzene rings is 5. The van der Waals surface area contributed by atoms with Crippen LogP contribution in [0.5, 0.6) is 0 Å². The molecule has 2 aliphatic rings. The zero-order valence-corrected chi connectivity index (χ0v) is 30.9. The number of pyridine rings is 1. The maximum atomic E-state index is 5.06. The van der Waals surface area contributed by atoms with E-state index in [4.69, 9.17) is 15.0 Å². The molecule has 0 spiro atoms. The van der Waals surface area contributed by atoms with E-state index in [1.165, 1.54) is 39.0 Å². The van der Waals surface area contributed by atoms with E-state index >= 15 is 0 Å². The molecule has 0 saturated carbocycles. The summed E-state index contributed by atoms with van der Waals surface area (Å²) in [7, 11) is 0. The molecular formula is C51H40N4. The van der Waals surface area contributed by atoms with Gasteiger partial charge in [0, 0.05) is 34.2 Å². The Labute approximate surface area is 323 Å². The SMILES string of the molecule is Cc1ncccc1-c1ccc(-c2nc(C3=CCCC=C3)nc(-c3ccc(-c4cc(C5=CCCC=C5)c(-c5ccccc5)c(-c5ccccc5)c4)cc3)n2)cc1. The third kappa shape index (κ3) is 7.15. The zero-order valence-electron chi connectivity index (χ0n) is 30.9. The van der Waals surface area contributed by atoms with Crippen LogP contribution >= 0.6 is 0 Å². The summed E-state index contributed by atoms with van der Waals surface area (Å²) >= 11 is 0. The van der Waals surface area contributed by atoms with Gasteiger partial charge in [-0.25, -0.2) is 15.0 Å². The molecule has 0 bridgehead atoms. The zero-order chi connectivity index (χ0) is 37.0. The highest BCUT2D eigenvalue weighted by molar-refractivity contribution is 5.97. The number of rotatable bonds is 8. The van der Waals surface area contributed by atoms with E-state index in [2.05, 4.69) is 169 Å². The van der Waals surface area contributed by atoms with E-state index in [1.807, 2.05) is 19.2 Å². The Bertz CT molecular complexity index is 2610. The van der Waals surface area contributed by atoms with E-state index in [0.29, 0.717) is 17.5 Å². The largest absolute Gasteiger partial charge is 0.261 e. The highest BCUT2D eigenvalue weighted by atomic mass is 15.0. The fourth-order valence-corrected chi connectivity index (χ4v) is 7.55. The quantitative estimate of drug-likeness (QED) is 0.158. The average molecular weight is 709 g/mol. The lowest BCUT2D eigenvalue weighted by atomic mass is 9.83. The summed E-state index contributed by atoms with van der Waals surface area (Å²) in [5, 5.41) is 0. The third-order valence-corrected chi connectivity index (χ3v) is 10.4. The Kier molecular flexibility index (Phi) is 9.46. The molecule has 0 aliphatic heterocycles. The van der Waals surface area contributed by atoms with Gasteiger partial charge in [-0.1, -0.05) is 152 Å². The highest BCUT2D eigenvalue weighted by Gasteiger charge is 2.19. The predicted molar refractivity (Wildman–Crippen MR) is 228 cm³/mol. The van der Waals surface area contributed by atoms with Crippen molar-refractivity contribution in [3.05, 3.63) is 193 Å². The van der Waals surface area contributed by atoms with Crippen molar-refractivity contribution in [3.63, 3.8) is 0 Å². The molecule has 7 aromatic rings. The Morgan fingerprint density at radius 1 is 0.400 bits per heavy atom. The van der Waals surface area contributed by atoms with Crippen LogP contribution < -0.4 is 0 Å². The minimum atomic E-state index is 0.654. The van der Waals surface area contributed by atoms with Gasteiger partial charge in [0.05, 0.1) is 0 Å². The number of aryl methyl sites for hydroxylation is 1. The van der Waals surface area contributed by atoms with Gasteiger partial charge in [-0.15, -0.1) is 0 Å². The molecule has 5 aromatic carbocycles. The van der Waals surface area contributed by atoms with Gasteiger partial charge < -0.3 is 0 Å². The van der Waals surface area contributed by atoms with Crippen molar-refractivity contribution in [2.75, 3.05) is 0 Å². The highest BCUT2D eigenvalue weighted by Crippen LogP contribution is 2.43. The standard InChI is InChI=1S/C51H40N4/c1-35-45(23-14-32-52-35)39-26-30-43(31-27-39)51-54-49(41-21-12-5-13-22-41)53-50(55-51)42-28-24-36(25-29-42)44-33-46(37-15-6-2-7-16-37)48(40-19-10-4-11-20-40)47(34-44)38-17-8-3-9-18-38/h2,4,6-8,10-12,14-34H,3,5,9,13H2,1H3. The van der Waals surface area contributed by atoms with Gasteiger partial charge in [-0.05, 0) is 101 Å². The summed E-state index contributed by atoms with van der Waals surface area (Å²) in [5.74, 6) is 2.00. The van der Waals surface area contributed by atoms with Crippen LogP contribution in [0, 0.1) is 6.92 Å². The summed E-state index contributed by atoms with van der Waals surface area (Å²) in [5.41, 5.74) is 15.8. The molecule has 0 radical (unpaired) electrons. The molecule has 0 atom stereocenters. The Hall–Kier alpha value is -6.78. The Morgan fingerprint density at radius 2 is 0.927 bits per heavy atom. The van der Waals surface area contributed by atoms with Gasteiger partial charge in [0.1, 0.15) is 0 Å². The molecule has 2 aliphatic carbocycles. The third-order valence-electron chi connectivity index (χ3n) is 10.4. The first-order valence-electron chi connectivity index (χ1n) is 19.1. The number of aromatic nitrogens is 4. The first-order chi connectivity index (χ1) is 27.2. The second kappa shape index (κ2) is 15.3. The van der Waals surface area contributed by atoms with Gasteiger partial charge in [0.2, 0.25) is 0 Å². The second-order valence-electron chi connectivity index (χ2n) is 14.1. The molecule has 0 amide bonds. The lowest BCUT2D eigenvalue weighted by Gasteiger charge is -2.20. The Balaban J connectivity index is 1.13. The first-order valence-corrected chi connectivity index (χ1v) is 19.1. The van der Waals surface area contributed by atoms with Gasteiger partial charge in [0.15, 0.2) is 17.5 Å². The molecule has 0 saturated heterocycles. The minimum Gasteiger partial charge on any atom is -0.261 e. The minimum absolute atomic E-state index is 0.654.